The van der Waals surface area contributed by atoms with Gasteiger partial charge in [0, 0.05) is 12.1 Å². The monoisotopic (exact) mass is 173 g/mol. The minimum Gasteiger partial charge on any atom is -0.399 e. The fraction of sp³-hybridized carbons (Fsp3) is 0.333. The summed E-state index contributed by atoms with van der Waals surface area (Å²) in [6.45, 7) is 2.15. The van der Waals surface area contributed by atoms with E-state index in [4.69, 9.17) is 12.2 Å². The molecule has 0 aliphatic rings. The number of terminal acetylenes is 1. The van der Waals surface area contributed by atoms with Crippen LogP contribution >= 0.6 is 0 Å². The standard InChI is InChI=1S/C12H15N/c1-3-5-10(4-2)11-6-8-12(13)9-7-11/h1,6-10H,4-5,13H2,2H3. The van der Waals surface area contributed by atoms with Crippen LogP contribution in [0.1, 0.15) is 31.2 Å². The zero-order chi connectivity index (χ0) is 9.68. The minimum atomic E-state index is 0.477. The lowest BCUT2D eigenvalue weighted by Gasteiger charge is -2.11. The van der Waals surface area contributed by atoms with E-state index in [2.05, 4.69) is 25.0 Å². The van der Waals surface area contributed by atoms with Crippen LogP contribution in [-0.4, -0.2) is 0 Å². The van der Waals surface area contributed by atoms with Crippen molar-refractivity contribution in [1.29, 1.82) is 0 Å². The van der Waals surface area contributed by atoms with Gasteiger partial charge in [-0.15, -0.1) is 12.3 Å². The van der Waals surface area contributed by atoms with Crippen LogP contribution < -0.4 is 5.73 Å². The van der Waals surface area contributed by atoms with Gasteiger partial charge >= 0.3 is 0 Å². The fourth-order valence-corrected chi connectivity index (χ4v) is 1.41. The van der Waals surface area contributed by atoms with Gasteiger partial charge in [-0.1, -0.05) is 19.1 Å². The Kier molecular flexibility index (Phi) is 3.40. The average Bonchev–Trinajstić information content (AvgIpc) is 2.16. The molecule has 0 aliphatic carbocycles. The third-order valence-corrected chi connectivity index (χ3v) is 2.26. The topological polar surface area (TPSA) is 26.0 Å². The highest BCUT2D eigenvalue weighted by molar-refractivity contribution is 5.40. The van der Waals surface area contributed by atoms with Gasteiger partial charge in [-0.05, 0) is 30.0 Å². The number of hydrogen-bond donors (Lipinski definition) is 1. The van der Waals surface area contributed by atoms with Crippen LogP contribution in [0.2, 0.25) is 0 Å². The molecule has 0 aromatic heterocycles. The third-order valence-electron chi connectivity index (χ3n) is 2.26. The van der Waals surface area contributed by atoms with Gasteiger partial charge in [-0.25, -0.2) is 0 Å². The second-order valence-electron chi connectivity index (χ2n) is 3.18. The first-order chi connectivity index (χ1) is 6.27. The first-order valence-electron chi connectivity index (χ1n) is 4.56. The summed E-state index contributed by atoms with van der Waals surface area (Å²) in [5.41, 5.74) is 7.69. The molecule has 0 amide bonds. The Hall–Kier alpha value is -1.42. The minimum absolute atomic E-state index is 0.477. The van der Waals surface area contributed by atoms with E-state index < -0.39 is 0 Å². The van der Waals surface area contributed by atoms with E-state index in [1.165, 1.54) is 5.56 Å². The molecule has 0 fully saturated rings. The zero-order valence-corrected chi connectivity index (χ0v) is 7.96. The van der Waals surface area contributed by atoms with Crippen molar-refractivity contribution in [2.24, 2.45) is 0 Å². The van der Waals surface area contributed by atoms with Crippen molar-refractivity contribution < 1.29 is 0 Å². The Balaban J connectivity index is 2.80. The second-order valence-corrected chi connectivity index (χ2v) is 3.18. The molecule has 1 rings (SSSR count). The van der Waals surface area contributed by atoms with Gasteiger partial charge in [0.15, 0.2) is 0 Å². The van der Waals surface area contributed by atoms with Crippen LogP contribution in [0, 0.1) is 12.3 Å². The average molecular weight is 173 g/mol. The molecule has 13 heavy (non-hydrogen) atoms. The maximum Gasteiger partial charge on any atom is 0.0314 e. The molecular weight excluding hydrogens is 158 g/mol. The van der Waals surface area contributed by atoms with E-state index in [9.17, 15) is 0 Å². The zero-order valence-electron chi connectivity index (χ0n) is 7.96. The number of nitrogen functional groups attached to an aromatic ring is 1. The van der Waals surface area contributed by atoms with Crippen LogP contribution in [0.4, 0.5) is 5.69 Å². The fourth-order valence-electron chi connectivity index (χ4n) is 1.41. The van der Waals surface area contributed by atoms with E-state index in [1.54, 1.807) is 0 Å². The van der Waals surface area contributed by atoms with Gasteiger partial charge in [0.2, 0.25) is 0 Å². The molecule has 0 saturated carbocycles. The highest BCUT2D eigenvalue weighted by atomic mass is 14.5. The lowest BCUT2D eigenvalue weighted by Crippen LogP contribution is -1.96. The van der Waals surface area contributed by atoms with E-state index in [1.807, 2.05) is 12.1 Å². The first-order valence-corrected chi connectivity index (χ1v) is 4.56. The Bertz CT molecular complexity index is 292. The second kappa shape index (κ2) is 4.57. The molecule has 0 aliphatic heterocycles. The normalized spacial score (nSPS) is 12.0. The SMILES string of the molecule is C#CCC(CC)c1ccc(N)cc1. The number of hydrogen-bond acceptors (Lipinski definition) is 1. The number of benzene rings is 1. The Labute approximate surface area is 80.0 Å². The van der Waals surface area contributed by atoms with Gasteiger partial charge in [-0.2, -0.15) is 0 Å². The molecule has 1 aromatic rings. The molecule has 1 unspecified atom stereocenters. The Morgan fingerprint density at radius 1 is 1.38 bits per heavy atom. The van der Waals surface area contributed by atoms with Crippen LogP contribution in [0.15, 0.2) is 24.3 Å². The van der Waals surface area contributed by atoms with Crippen molar-refractivity contribution >= 4 is 5.69 Å². The van der Waals surface area contributed by atoms with Crippen LogP contribution in [0.5, 0.6) is 0 Å². The predicted octanol–water partition coefficient (Wildman–Crippen LogP) is 2.79. The summed E-state index contributed by atoms with van der Waals surface area (Å²) in [5, 5.41) is 0. The molecule has 2 N–H and O–H groups in total. The molecule has 0 heterocycles. The molecule has 1 nitrogen and oxygen atoms in total. The smallest absolute Gasteiger partial charge is 0.0314 e. The predicted molar refractivity (Wildman–Crippen MR) is 57.3 cm³/mol. The Morgan fingerprint density at radius 2 is 2.00 bits per heavy atom. The molecule has 1 heteroatoms. The molecule has 0 saturated heterocycles. The van der Waals surface area contributed by atoms with Crippen molar-refractivity contribution in [3.05, 3.63) is 29.8 Å². The van der Waals surface area contributed by atoms with E-state index >= 15 is 0 Å². The quantitative estimate of drug-likeness (QED) is 0.552. The van der Waals surface area contributed by atoms with E-state index in [-0.39, 0.29) is 0 Å². The van der Waals surface area contributed by atoms with Crippen molar-refractivity contribution in [2.45, 2.75) is 25.7 Å². The summed E-state index contributed by atoms with van der Waals surface area (Å²) in [4.78, 5) is 0. The summed E-state index contributed by atoms with van der Waals surface area (Å²) in [7, 11) is 0. The van der Waals surface area contributed by atoms with Gasteiger partial charge in [0.05, 0.1) is 0 Å². The highest BCUT2D eigenvalue weighted by Crippen LogP contribution is 2.23. The van der Waals surface area contributed by atoms with Gasteiger partial charge in [0.1, 0.15) is 0 Å². The highest BCUT2D eigenvalue weighted by Gasteiger charge is 2.06. The summed E-state index contributed by atoms with van der Waals surface area (Å²) >= 11 is 0. The van der Waals surface area contributed by atoms with Gasteiger partial charge < -0.3 is 5.73 Å². The maximum absolute atomic E-state index is 5.60. The lowest BCUT2D eigenvalue weighted by atomic mass is 9.93. The summed E-state index contributed by atoms with van der Waals surface area (Å²) in [6, 6.07) is 7.96. The first kappa shape index (κ1) is 9.67. The molecule has 1 aromatic carbocycles. The van der Waals surface area contributed by atoms with Crippen LogP contribution in [0.25, 0.3) is 0 Å². The molecule has 0 bridgehead atoms. The Morgan fingerprint density at radius 3 is 2.46 bits per heavy atom. The maximum atomic E-state index is 5.60. The van der Waals surface area contributed by atoms with Gasteiger partial charge in [-0.3, -0.25) is 0 Å². The largest absolute Gasteiger partial charge is 0.399 e. The van der Waals surface area contributed by atoms with Crippen LogP contribution in [-0.2, 0) is 0 Å². The molecule has 0 spiro atoms. The lowest BCUT2D eigenvalue weighted by molar-refractivity contribution is 0.685. The summed E-state index contributed by atoms with van der Waals surface area (Å²) < 4.78 is 0. The molecule has 1 atom stereocenters. The molecule has 0 radical (unpaired) electrons. The number of anilines is 1. The summed E-state index contributed by atoms with van der Waals surface area (Å²) in [6.07, 6.45) is 7.18. The summed E-state index contributed by atoms with van der Waals surface area (Å²) in [5.74, 6) is 3.18. The molecule has 68 valence electrons. The van der Waals surface area contributed by atoms with Crippen LogP contribution in [0.3, 0.4) is 0 Å². The van der Waals surface area contributed by atoms with Crippen molar-refractivity contribution in [1.82, 2.24) is 0 Å². The van der Waals surface area contributed by atoms with E-state index in [0.717, 1.165) is 18.5 Å². The van der Waals surface area contributed by atoms with Crippen molar-refractivity contribution in [3.8, 4) is 12.3 Å². The van der Waals surface area contributed by atoms with Crippen molar-refractivity contribution in [2.75, 3.05) is 5.73 Å². The molecular formula is C12H15N. The van der Waals surface area contributed by atoms with Gasteiger partial charge in [0.25, 0.3) is 0 Å². The third kappa shape index (κ3) is 2.52. The number of rotatable bonds is 3. The number of nitrogens with two attached hydrogens (primary N) is 1. The van der Waals surface area contributed by atoms with Crippen molar-refractivity contribution in [3.63, 3.8) is 0 Å². The van der Waals surface area contributed by atoms with E-state index in [0.29, 0.717) is 5.92 Å².